The van der Waals surface area contributed by atoms with Gasteiger partial charge >= 0.3 is 0 Å². The monoisotopic (exact) mass is 392 g/mol. The van der Waals surface area contributed by atoms with Crippen LogP contribution in [0.2, 0.25) is 0 Å². The molecular formula is C23H24N2O4. The molecule has 0 spiro atoms. The van der Waals surface area contributed by atoms with Gasteiger partial charge in [-0.15, -0.1) is 0 Å². The zero-order valence-electron chi connectivity index (χ0n) is 16.4. The molecule has 0 radical (unpaired) electrons. The average molecular weight is 392 g/mol. The smallest absolute Gasteiger partial charge is 0.219 e. The molecule has 150 valence electrons. The number of rotatable bonds is 8. The van der Waals surface area contributed by atoms with Gasteiger partial charge in [0.1, 0.15) is 13.2 Å². The van der Waals surface area contributed by atoms with Gasteiger partial charge < -0.3 is 24.3 Å². The summed E-state index contributed by atoms with van der Waals surface area (Å²) < 4.78 is 22.8. The lowest BCUT2D eigenvalue weighted by Crippen LogP contribution is -2.19. The second-order valence-electron chi connectivity index (χ2n) is 6.53. The standard InChI is InChI=1S/C23H24N2O4/c1-2-26-19-7-3-4-8-20(19)29-22-11-10-17(15-25-22)14-24-16-18-6-5-9-21-23(18)28-13-12-27-21/h3-11,15,24H,2,12-14,16H2,1H3. The molecule has 1 aliphatic heterocycles. The molecule has 4 rings (SSSR count). The van der Waals surface area contributed by atoms with Crippen molar-refractivity contribution in [1.82, 2.24) is 10.3 Å². The van der Waals surface area contributed by atoms with Gasteiger partial charge in [-0.25, -0.2) is 4.98 Å². The fraction of sp³-hybridized carbons (Fsp3) is 0.261. The van der Waals surface area contributed by atoms with Crippen molar-refractivity contribution in [3.63, 3.8) is 0 Å². The Hall–Kier alpha value is -3.25. The molecule has 1 N–H and O–H groups in total. The van der Waals surface area contributed by atoms with Crippen LogP contribution in [-0.4, -0.2) is 24.8 Å². The van der Waals surface area contributed by atoms with Gasteiger partial charge in [-0.3, -0.25) is 0 Å². The van der Waals surface area contributed by atoms with E-state index in [9.17, 15) is 0 Å². The van der Waals surface area contributed by atoms with E-state index in [-0.39, 0.29) is 0 Å². The van der Waals surface area contributed by atoms with Crippen molar-refractivity contribution in [3.8, 4) is 28.9 Å². The topological polar surface area (TPSA) is 61.8 Å². The molecule has 0 saturated carbocycles. The number of nitrogens with one attached hydrogen (secondary N) is 1. The summed E-state index contributed by atoms with van der Waals surface area (Å²) in [5, 5.41) is 3.43. The SMILES string of the molecule is CCOc1ccccc1Oc1ccc(CNCc2cccc3c2OCCO3)cn1. The summed E-state index contributed by atoms with van der Waals surface area (Å²) in [6.07, 6.45) is 1.81. The van der Waals surface area contributed by atoms with Crippen LogP contribution in [0.3, 0.4) is 0 Å². The van der Waals surface area contributed by atoms with Crippen LogP contribution in [0.15, 0.2) is 60.8 Å². The largest absolute Gasteiger partial charge is 0.490 e. The number of nitrogens with zero attached hydrogens (tertiary/aromatic N) is 1. The van der Waals surface area contributed by atoms with Gasteiger partial charge in [0, 0.05) is 30.9 Å². The van der Waals surface area contributed by atoms with Gasteiger partial charge in [-0.2, -0.15) is 0 Å². The minimum Gasteiger partial charge on any atom is -0.490 e. The summed E-state index contributed by atoms with van der Waals surface area (Å²) in [6.45, 7) is 5.09. The fourth-order valence-corrected chi connectivity index (χ4v) is 3.11. The summed E-state index contributed by atoms with van der Waals surface area (Å²) >= 11 is 0. The van der Waals surface area contributed by atoms with Crippen LogP contribution >= 0.6 is 0 Å². The first-order chi connectivity index (χ1) is 14.3. The molecule has 0 fully saturated rings. The number of pyridine rings is 1. The van der Waals surface area contributed by atoms with Gasteiger partial charge in [0.25, 0.3) is 0 Å². The van der Waals surface area contributed by atoms with E-state index in [4.69, 9.17) is 18.9 Å². The van der Waals surface area contributed by atoms with E-state index in [2.05, 4.69) is 10.3 Å². The van der Waals surface area contributed by atoms with E-state index in [1.54, 1.807) is 0 Å². The van der Waals surface area contributed by atoms with Crippen LogP contribution in [0.1, 0.15) is 18.1 Å². The number of benzene rings is 2. The van der Waals surface area contributed by atoms with Crippen LogP contribution in [0, 0.1) is 0 Å². The molecule has 2 aromatic carbocycles. The molecule has 0 aliphatic carbocycles. The Bertz CT molecular complexity index is 944. The third-order valence-corrected chi connectivity index (χ3v) is 4.45. The molecule has 6 heteroatoms. The number of aromatic nitrogens is 1. The number of para-hydroxylation sites is 3. The van der Waals surface area contributed by atoms with Crippen LogP contribution in [0.5, 0.6) is 28.9 Å². The van der Waals surface area contributed by atoms with Gasteiger partial charge in [-0.1, -0.05) is 30.3 Å². The lowest BCUT2D eigenvalue weighted by atomic mass is 10.1. The highest BCUT2D eigenvalue weighted by Crippen LogP contribution is 2.33. The highest BCUT2D eigenvalue weighted by Gasteiger charge is 2.15. The second kappa shape index (κ2) is 9.30. The van der Waals surface area contributed by atoms with E-state index in [0.29, 0.717) is 50.3 Å². The molecule has 0 atom stereocenters. The molecule has 0 saturated heterocycles. The molecular weight excluding hydrogens is 368 g/mol. The Balaban J connectivity index is 1.34. The van der Waals surface area contributed by atoms with Crippen molar-refractivity contribution in [2.45, 2.75) is 20.0 Å². The number of ether oxygens (including phenoxy) is 4. The summed E-state index contributed by atoms with van der Waals surface area (Å²) in [6, 6.07) is 17.4. The molecule has 0 amide bonds. The normalized spacial score (nSPS) is 12.4. The van der Waals surface area contributed by atoms with Crippen molar-refractivity contribution in [1.29, 1.82) is 0 Å². The van der Waals surface area contributed by atoms with Crippen LogP contribution in [0.25, 0.3) is 0 Å². The van der Waals surface area contributed by atoms with Crippen LogP contribution < -0.4 is 24.3 Å². The first-order valence-corrected chi connectivity index (χ1v) is 9.76. The van der Waals surface area contributed by atoms with E-state index >= 15 is 0 Å². The molecule has 29 heavy (non-hydrogen) atoms. The molecule has 6 nitrogen and oxygen atoms in total. The van der Waals surface area contributed by atoms with E-state index in [1.807, 2.05) is 67.7 Å². The molecule has 0 bridgehead atoms. The number of hydrogen-bond acceptors (Lipinski definition) is 6. The fourth-order valence-electron chi connectivity index (χ4n) is 3.11. The summed E-state index contributed by atoms with van der Waals surface area (Å²) in [7, 11) is 0. The van der Waals surface area contributed by atoms with Crippen LogP contribution in [-0.2, 0) is 13.1 Å². The van der Waals surface area contributed by atoms with E-state index in [0.717, 1.165) is 22.6 Å². The Morgan fingerprint density at radius 2 is 1.79 bits per heavy atom. The van der Waals surface area contributed by atoms with Gasteiger partial charge in [-0.05, 0) is 30.7 Å². The maximum absolute atomic E-state index is 5.87. The molecule has 1 aromatic heterocycles. The second-order valence-corrected chi connectivity index (χ2v) is 6.53. The Labute approximate surface area is 170 Å². The van der Waals surface area contributed by atoms with E-state index in [1.165, 1.54) is 0 Å². The van der Waals surface area contributed by atoms with Crippen molar-refractivity contribution in [2.75, 3.05) is 19.8 Å². The third kappa shape index (κ3) is 4.78. The lowest BCUT2D eigenvalue weighted by molar-refractivity contribution is 0.169. The van der Waals surface area contributed by atoms with Crippen molar-refractivity contribution in [3.05, 3.63) is 71.9 Å². The molecule has 2 heterocycles. The van der Waals surface area contributed by atoms with Gasteiger partial charge in [0.2, 0.25) is 5.88 Å². The maximum atomic E-state index is 5.87. The maximum Gasteiger partial charge on any atom is 0.219 e. The quantitative estimate of drug-likeness (QED) is 0.616. The average Bonchev–Trinajstić information content (AvgIpc) is 2.77. The lowest BCUT2D eigenvalue weighted by Gasteiger charge is -2.21. The summed E-state index contributed by atoms with van der Waals surface area (Å²) in [5.74, 6) is 3.54. The Kier molecular flexibility index (Phi) is 6.12. The molecule has 3 aromatic rings. The van der Waals surface area contributed by atoms with Crippen LogP contribution in [0.4, 0.5) is 0 Å². The highest BCUT2D eigenvalue weighted by atomic mass is 16.6. The first kappa shape index (κ1) is 19.1. The summed E-state index contributed by atoms with van der Waals surface area (Å²) in [5.41, 5.74) is 2.15. The zero-order chi connectivity index (χ0) is 19.9. The Morgan fingerprint density at radius 1 is 0.931 bits per heavy atom. The van der Waals surface area contributed by atoms with Crippen molar-refractivity contribution in [2.24, 2.45) is 0 Å². The van der Waals surface area contributed by atoms with Gasteiger partial charge in [0.05, 0.1) is 6.61 Å². The predicted octanol–water partition coefficient (Wildman–Crippen LogP) is 4.33. The molecule has 0 unspecified atom stereocenters. The van der Waals surface area contributed by atoms with E-state index < -0.39 is 0 Å². The number of fused-ring (bicyclic) bond motifs is 1. The van der Waals surface area contributed by atoms with Crippen molar-refractivity contribution >= 4 is 0 Å². The third-order valence-electron chi connectivity index (χ3n) is 4.45. The minimum atomic E-state index is 0.531. The predicted molar refractivity (Wildman–Crippen MR) is 110 cm³/mol. The zero-order valence-corrected chi connectivity index (χ0v) is 16.4. The first-order valence-electron chi connectivity index (χ1n) is 9.76. The van der Waals surface area contributed by atoms with Crippen molar-refractivity contribution < 1.29 is 18.9 Å². The Morgan fingerprint density at radius 3 is 2.62 bits per heavy atom. The minimum absolute atomic E-state index is 0.531. The number of hydrogen-bond donors (Lipinski definition) is 1. The highest BCUT2D eigenvalue weighted by molar-refractivity contribution is 5.47. The summed E-state index contributed by atoms with van der Waals surface area (Å²) in [4.78, 5) is 4.41. The molecule has 1 aliphatic rings. The van der Waals surface area contributed by atoms with Gasteiger partial charge in [0.15, 0.2) is 23.0 Å².